The minimum atomic E-state index is 0.195. The van der Waals surface area contributed by atoms with Gasteiger partial charge in [0.05, 0.1) is 12.4 Å². The van der Waals surface area contributed by atoms with Crippen molar-refractivity contribution < 1.29 is 9.47 Å². The highest BCUT2D eigenvalue weighted by Gasteiger charge is 2.35. The van der Waals surface area contributed by atoms with Gasteiger partial charge in [0.2, 0.25) is 0 Å². The van der Waals surface area contributed by atoms with Gasteiger partial charge in [0.1, 0.15) is 12.2 Å². The van der Waals surface area contributed by atoms with Gasteiger partial charge in [0.25, 0.3) is 0 Å². The highest BCUT2D eigenvalue weighted by Crippen LogP contribution is 2.35. The fraction of sp³-hybridized carbons (Fsp3) is 0.778. The van der Waals surface area contributed by atoms with Crippen LogP contribution in [0.25, 0.3) is 0 Å². The van der Waals surface area contributed by atoms with E-state index in [0.29, 0.717) is 23.9 Å². The van der Waals surface area contributed by atoms with Crippen LogP contribution in [0.1, 0.15) is 53.9 Å². The summed E-state index contributed by atoms with van der Waals surface area (Å²) in [5.74, 6) is 1.63. The average Bonchev–Trinajstić information content (AvgIpc) is 2.45. The van der Waals surface area contributed by atoms with Crippen LogP contribution >= 0.6 is 0 Å². The fourth-order valence-electron chi connectivity index (χ4n) is 3.38. The van der Waals surface area contributed by atoms with E-state index >= 15 is 0 Å². The first-order chi connectivity index (χ1) is 9.56. The van der Waals surface area contributed by atoms with Gasteiger partial charge in [0, 0.05) is 11.8 Å². The lowest BCUT2D eigenvalue weighted by molar-refractivity contribution is -0.123. The molecular weight excluding hydrogens is 248 g/mol. The first-order valence-corrected chi connectivity index (χ1v) is 8.22. The van der Waals surface area contributed by atoms with Crippen molar-refractivity contribution >= 4 is 0 Å². The highest BCUT2D eigenvalue weighted by atomic mass is 16.5. The average molecular weight is 278 g/mol. The van der Waals surface area contributed by atoms with Crippen LogP contribution in [0.2, 0.25) is 0 Å². The molecule has 0 saturated carbocycles. The Morgan fingerprint density at radius 2 is 2.00 bits per heavy atom. The quantitative estimate of drug-likeness (QED) is 0.693. The second-order valence-corrected chi connectivity index (χ2v) is 6.51. The Morgan fingerprint density at radius 1 is 1.25 bits per heavy atom. The fourth-order valence-corrected chi connectivity index (χ4v) is 3.38. The van der Waals surface area contributed by atoms with Gasteiger partial charge in [-0.1, -0.05) is 39.3 Å². The maximum Gasteiger partial charge on any atom is 0.124 e. The van der Waals surface area contributed by atoms with E-state index in [2.05, 4.69) is 46.8 Å². The van der Waals surface area contributed by atoms with Gasteiger partial charge in [-0.25, -0.2) is 0 Å². The topological polar surface area (TPSA) is 18.5 Å². The third kappa shape index (κ3) is 3.28. The normalized spacial score (nSPS) is 41.1. The lowest BCUT2D eigenvalue weighted by Crippen LogP contribution is -2.43. The maximum absolute atomic E-state index is 6.55. The monoisotopic (exact) mass is 278 g/mol. The zero-order valence-electron chi connectivity index (χ0n) is 13.6. The lowest BCUT2D eigenvalue weighted by Gasteiger charge is -2.40. The van der Waals surface area contributed by atoms with Gasteiger partial charge >= 0.3 is 0 Å². The summed E-state index contributed by atoms with van der Waals surface area (Å²) in [5, 5.41) is 0. The molecule has 0 amide bonds. The van der Waals surface area contributed by atoms with E-state index in [4.69, 9.17) is 9.47 Å². The number of allylic oxidation sites excluding steroid dienone is 1. The standard InChI is InChI=1S/C18H30O2/c1-6-15-10-13(4)14(5)17(11-15)20-18-12(3)8-9-19-16(18)7-2/h8-10,12,14-18H,6-7,11H2,1-5H3. The van der Waals surface area contributed by atoms with E-state index in [1.807, 2.05) is 6.26 Å². The molecule has 0 saturated heterocycles. The van der Waals surface area contributed by atoms with Gasteiger partial charge in [-0.2, -0.15) is 0 Å². The highest BCUT2D eigenvalue weighted by molar-refractivity contribution is 5.12. The summed E-state index contributed by atoms with van der Waals surface area (Å²) in [6, 6.07) is 0. The van der Waals surface area contributed by atoms with Gasteiger partial charge in [-0.05, 0) is 38.2 Å². The van der Waals surface area contributed by atoms with Crippen LogP contribution in [0.5, 0.6) is 0 Å². The smallest absolute Gasteiger partial charge is 0.124 e. The van der Waals surface area contributed by atoms with Crippen LogP contribution in [0.15, 0.2) is 24.0 Å². The second kappa shape index (κ2) is 6.80. The Labute approximate surface area is 124 Å². The van der Waals surface area contributed by atoms with Crippen molar-refractivity contribution in [2.45, 2.75) is 72.2 Å². The third-order valence-corrected chi connectivity index (χ3v) is 5.09. The summed E-state index contributed by atoms with van der Waals surface area (Å²) in [6.07, 6.45) is 10.5. The molecule has 0 aromatic heterocycles. The second-order valence-electron chi connectivity index (χ2n) is 6.51. The van der Waals surface area contributed by atoms with Crippen LogP contribution in [-0.2, 0) is 9.47 Å². The Balaban J connectivity index is 2.08. The summed E-state index contributed by atoms with van der Waals surface area (Å²) in [5.41, 5.74) is 1.49. The molecule has 0 radical (unpaired) electrons. The molecule has 1 aliphatic carbocycles. The van der Waals surface area contributed by atoms with Crippen LogP contribution in [0.3, 0.4) is 0 Å². The molecule has 0 aromatic carbocycles. The minimum Gasteiger partial charge on any atom is -0.496 e. The van der Waals surface area contributed by atoms with Crippen molar-refractivity contribution in [1.82, 2.24) is 0 Å². The van der Waals surface area contributed by atoms with Crippen molar-refractivity contribution in [3.8, 4) is 0 Å². The maximum atomic E-state index is 6.55. The minimum absolute atomic E-state index is 0.195. The molecule has 0 aromatic rings. The van der Waals surface area contributed by atoms with E-state index in [1.165, 1.54) is 12.0 Å². The summed E-state index contributed by atoms with van der Waals surface area (Å²) in [4.78, 5) is 0. The Morgan fingerprint density at radius 3 is 2.65 bits per heavy atom. The number of ether oxygens (including phenoxy) is 2. The van der Waals surface area contributed by atoms with E-state index in [-0.39, 0.29) is 12.2 Å². The largest absolute Gasteiger partial charge is 0.496 e. The van der Waals surface area contributed by atoms with E-state index < -0.39 is 0 Å². The van der Waals surface area contributed by atoms with E-state index in [0.717, 1.165) is 12.8 Å². The molecule has 2 nitrogen and oxygen atoms in total. The van der Waals surface area contributed by atoms with E-state index in [9.17, 15) is 0 Å². The molecule has 0 fully saturated rings. The third-order valence-electron chi connectivity index (χ3n) is 5.09. The molecule has 1 aliphatic heterocycles. The Kier molecular flexibility index (Phi) is 5.31. The van der Waals surface area contributed by atoms with Crippen LogP contribution in [0.4, 0.5) is 0 Å². The van der Waals surface area contributed by atoms with Gasteiger partial charge < -0.3 is 9.47 Å². The molecule has 0 N–H and O–H groups in total. The zero-order valence-corrected chi connectivity index (χ0v) is 13.6. The lowest BCUT2D eigenvalue weighted by atomic mass is 9.80. The molecule has 0 bridgehead atoms. The first-order valence-electron chi connectivity index (χ1n) is 8.22. The van der Waals surface area contributed by atoms with E-state index in [1.54, 1.807) is 0 Å². The van der Waals surface area contributed by atoms with Crippen molar-refractivity contribution in [3.05, 3.63) is 24.0 Å². The molecular formula is C18H30O2. The van der Waals surface area contributed by atoms with Crippen molar-refractivity contribution in [1.29, 1.82) is 0 Å². The van der Waals surface area contributed by atoms with Crippen LogP contribution in [0, 0.1) is 17.8 Å². The number of rotatable bonds is 4. The Bertz CT molecular complexity index is 372. The van der Waals surface area contributed by atoms with Gasteiger partial charge in [-0.3, -0.25) is 0 Å². The molecule has 20 heavy (non-hydrogen) atoms. The molecule has 0 spiro atoms. The summed E-state index contributed by atoms with van der Waals surface area (Å²) in [6.45, 7) is 11.2. The molecule has 2 heteroatoms. The number of hydrogen-bond donors (Lipinski definition) is 0. The SMILES string of the molecule is CCC1C=C(C)C(C)C(OC2C(C)C=COC2CC)C1. The van der Waals surface area contributed by atoms with Crippen LogP contribution < -0.4 is 0 Å². The van der Waals surface area contributed by atoms with Crippen LogP contribution in [-0.4, -0.2) is 18.3 Å². The van der Waals surface area contributed by atoms with Crippen molar-refractivity contribution in [2.24, 2.45) is 17.8 Å². The molecule has 1 heterocycles. The first kappa shape index (κ1) is 15.6. The summed E-state index contributed by atoms with van der Waals surface area (Å²) >= 11 is 0. The molecule has 2 rings (SSSR count). The molecule has 6 unspecified atom stereocenters. The molecule has 2 aliphatic rings. The van der Waals surface area contributed by atoms with Crippen molar-refractivity contribution in [3.63, 3.8) is 0 Å². The predicted molar refractivity (Wildman–Crippen MR) is 83.4 cm³/mol. The van der Waals surface area contributed by atoms with Gasteiger partial charge in [0.15, 0.2) is 0 Å². The summed E-state index contributed by atoms with van der Waals surface area (Å²) in [7, 11) is 0. The molecule has 6 atom stereocenters. The van der Waals surface area contributed by atoms with Gasteiger partial charge in [-0.15, -0.1) is 0 Å². The number of hydrogen-bond acceptors (Lipinski definition) is 2. The zero-order chi connectivity index (χ0) is 14.7. The predicted octanol–water partition coefficient (Wildman–Crippen LogP) is 4.71. The summed E-state index contributed by atoms with van der Waals surface area (Å²) < 4.78 is 12.3. The Hall–Kier alpha value is -0.760. The van der Waals surface area contributed by atoms with Crippen molar-refractivity contribution in [2.75, 3.05) is 0 Å². The molecule has 114 valence electrons.